The Morgan fingerprint density at radius 3 is 2.27 bits per heavy atom. The van der Waals surface area contributed by atoms with E-state index in [1.54, 1.807) is 0 Å². The molecule has 2 aromatic rings. The van der Waals surface area contributed by atoms with E-state index in [2.05, 4.69) is 10.0 Å². The van der Waals surface area contributed by atoms with Gasteiger partial charge in [0, 0.05) is 10.6 Å². The third kappa shape index (κ3) is 1.98. The maximum absolute atomic E-state index is 8.45. The highest BCUT2D eigenvalue weighted by atomic mass is 15.1. The van der Waals surface area contributed by atoms with Gasteiger partial charge in [-0.2, -0.15) is 0 Å². The first-order chi connectivity index (χ1) is 7.42. The average Bonchev–Trinajstić information content (AvgIpc) is 2.31. The normalized spacial score (nSPS) is 9.33. The highest BCUT2D eigenvalue weighted by Crippen LogP contribution is 2.29. The maximum Gasteiger partial charge on any atom is 0.0453 e. The lowest BCUT2D eigenvalue weighted by atomic mass is 10.0. The molecular formula is C12H9N3. The first-order valence-corrected chi connectivity index (χ1v) is 4.61. The molecule has 3 heteroatoms. The molecule has 0 atom stereocenters. The van der Waals surface area contributed by atoms with E-state index in [0.717, 1.165) is 11.1 Å². The lowest BCUT2D eigenvalue weighted by molar-refractivity contribution is 1.47. The van der Waals surface area contributed by atoms with Crippen molar-refractivity contribution in [1.29, 1.82) is 0 Å². The van der Waals surface area contributed by atoms with Crippen molar-refractivity contribution in [2.45, 2.75) is 0 Å². The summed E-state index contributed by atoms with van der Waals surface area (Å²) in [4.78, 5) is 2.82. The minimum absolute atomic E-state index is 0.659. The lowest BCUT2D eigenvalue weighted by Gasteiger charge is -2.03. The van der Waals surface area contributed by atoms with Gasteiger partial charge in [0.2, 0.25) is 0 Å². The summed E-state index contributed by atoms with van der Waals surface area (Å²) in [5, 5.41) is 3.66. The third-order valence-corrected chi connectivity index (χ3v) is 2.14. The number of nitrogens with zero attached hydrogens (tertiary/aromatic N) is 3. The Labute approximate surface area is 87.6 Å². The van der Waals surface area contributed by atoms with Crippen molar-refractivity contribution in [3.63, 3.8) is 0 Å². The van der Waals surface area contributed by atoms with Gasteiger partial charge in [-0.3, -0.25) is 0 Å². The zero-order valence-electron chi connectivity index (χ0n) is 8.04. The highest BCUT2D eigenvalue weighted by molar-refractivity contribution is 5.75. The monoisotopic (exact) mass is 195 g/mol. The smallest absolute Gasteiger partial charge is 0.0453 e. The van der Waals surface area contributed by atoms with Gasteiger partial charge in [-0.15, -0.1) is 0 Å². The van der Waals surface area contributed by atoms with Crippen molar-refractivity contribution in [2.24, 2.45) is 5.11 Å². The molecule has 0 aromatic heterocycles. The molecule has 2 aromatic carbocycles. The van der Waals surface area contributed by atoms with Gasteiger partial charge in [-0.25, -0.2) is 0 Å². The minimum Gasteiger partial charge on any atom is -0.0622 e. The zero-order valence-corrected chi connectivity index (χ0v) is 8.04. The van der Waals surface area contributed by atoms with Gasteiger partial charge >= 0.3 is 0 Å². The predicted molar refractivity (Wildman–Crippen MR) is 60.7 cm³/mol. The Hall–Kier alpha value is -2.25. The fourth-order valence-electron chi connectivity index (χ4n) is 1.47. The highest BCUT2D eigenvalue weighted by Gasteiger charge is 2.00. The van der Waals surface area contributed by atoms with Crippen molar-refractivity contribution in [3.05, 3.63) is 65.0 Å². The molecule has 0 heterocycles. The second kappa shape index (κ2) is 4.31. The van der Waals surface area contributed by atoms with E-state index in [-0.39, 0.29) is 0 Å². The van der Waals surface area contributed by atoms with E-state index in [1.165, 1.54) is 0 Å². The number of hydrogen-bond acceptors (Lipinski definition) is 1. The van der Waals surface area contributed by atoms with E-state index in [4.69, 9.17) is 5.53 Å². The summed E-state index contributed by atoms with van der Waals surface area (Å²) in [6.45, 7) is 0. The molecule has 15 heavy (non-hydrogen) atoms. The number of benzene rings is 2. The molecule has 0 unspecified atom stereocenters. The number of rotatable bonds is 2. The minimum atomic E-state index is 0.659. The van der Waals surface area contributed by atoms with Crippen LogP contribution >= 0.6 is 0 Å². The Balaban J connectivity index is 2.58. The third-order valence-electron chi connectivity index (χ3n) is 2.14. The van der Waals surface area contributed by atoms with Gasteiger partial charge in [0.15, 0.2) is 0 Å². The average molecular weight is 195 g/mol. The molecular weight excluding hydrogens is 186 g/mol. The lowest BCUT2D eigenvalue weighted by Crippen LogP contribution is -1.76. The second-order valence-electron chi connectivity index (χ2n) is 3.07. The predicted octanol–water partition coefficient (Wildman–Crippen LogP) is 4.30. The Morgan fingerprint density at radius 2 is 1.53 bits per heavy atom. The number of azide groups is 1. The standard InChI is InChI=1S/C12H9N3/c13-15-14-12-9-5-4-8-11(12)10-6-2-1-3-7-10/h1-9H. The molecule has 0 saturated carbocycles. The van der Waals surface area contributed by atoms with Crippen LogP contribution in [0, 0.1) is 0 Å². The molecule has 0 amide bonds. The van der Waals surface area contributed by atoms with Crippen LogP contribution in [-0.2, 0) is 0 Å². The van der Waals surface area contributed by atoms with Crippen LogP contribution in [0.5, 0.6) is 0 Å². The van der Waals surface area contributed by atoms with E-state index in [0.29, 0.717) is 5.69 Å². The fraction of sp³-hybridized carbons (Fsp3) is 0. The molecule has 0 aliphatic heterocycles. The molecule has 0 aliphatic carbocycles. The van der Waals surface area contributed by atoms with Crippen molar-refractivity contribution < 1.29 is 0 Å². The Kier molecular flexibility index (Phi) is 2.68. The van der Waals surface area contributed by atoms with Gasteiger partial charge in [0.25, 0.3) is 0 Å². The summed E-state index contributed by atoms with van der Waals surface area (Å²) in [5.41, 5.74) is 11.1. The molecule has 0 radical (unpaired) electrons. The largest absolute Gasteiger partial charge is 0.0622 e. The van der Waals surface area contributed by atoms with Crippen LogP contribution in [0.15, 0.2) is 59.7 Å². The van der Waals surface area contributed by atoms with E-state index >= 15 is 0 Å². The van der Waals surface area contributed by atoms with Gasteiger partial charge in [-0.1, -0.05) is 59.7 Å². The topological polar surface area (TPSA) is 48.8 Å². The first kappa shape index (κ1) is 9.31. The number of hydrogen-bond donors (Lipinski definition) is 0. The second-order valence-corrected chi connectivity index (χ2v) is 3.07. The van der Waals surface area contributed by atoms with Crippen LogP contribution in [-0.4, -0.2) is 0 Å². The molecule has 3 nitrogen and oxygen atoms in total. The van der Waals surface area contributed by atoms with E-state index in [1.807, 2.05) is 54.6 Å². The summed E-state index contributed by atoms with van der Waals surface area (Å²) in [6.07, 6.45) is 0. The van der Waals surface area contributed by atoms with Gasteiger partial charge in [0.1, 0.15) is 0 Å². The zero-order chi connectivity index (χ0) is 10.5. The molecule has 72 valence electrons. The van der Waals surface area contributed by atoms with E-state index < -0.39 is 0 Å². The molecule has 2 rings (SSSR count). The molecule has 0 aliphatic rings. The molecule has 0 fully saturated rings. The van der Waals surface area contributed by atoms with Crippen LogP contribution in [0.3, 0.4) is 0 Å². The van der Waals surface area contributed by atoms with Crippen molar-refractivity contribution in [3.8, 4) is 11.1 Å². The summed E-state index contributed by atoms with van der Waals surface area (Å²) >= 11 is 0. The molecule has 0 saturated heterocycles. The van der Waals surface area contributed by atoms with Gasteiger partial charge in [-0.05, 0) is 16.7 Å². The quantitative estimate of drug-likeness (QED) is 0.390. The van der Waals surface area contributed by atoms with Gasteiger partial charge in [0.05, 0.1) is 0 Å². The molecule has 0 bridgehead atoms. The maximum atomic E-state index is 8.45. The Morgan fingerprint density at radius 1 is 0.867 bits per heavy atom. The van der Waals surface area contributed by atoms with Crippen molar-refractivity contribution >= 4 is 5.69 Å². The van der Waals surface area contributed by atoms with Crippen molar-refractivity contribution in [1.82, 2.24) is 0 Å². The van der Waals surface area contributed by atoms with Crippen LogP contribution in [0.4, 0.5) is 5.69 Å². The molecule has 0 spiro atoms. The summed E-state index contributed by atoms with van der Waals surface area (Å²) in [5.74, 6) is 0. The fourth-order valence-corrected chi connectivity index (χ4v) is 1.47. The Bertz CT molecular complexity index is 499. The SMILES string of the molecule is [N-]=[N+]=Nc1ccccc1-c1ccccc1. The van der Waals surface area contributed by atoms with E-state index in [9.17, 15) is 0 Å². The summed E-state index contributed by atoms with van der Waals surface area (Å²) in [6, 6.07) is 17.4. The van der Waals surface area contributed by atoms with Crippen molar-refractivity contribution in [2.75, 3.05) is 0 Å². The van der Waals surface area contributed by atoms with Crippen LogP contribution in [0.2, 0.25) is 0 Å². The van der Waals surface area contributed by atoms with Gasteiger partial charge < -0.3 is 0 Å². The molecule has 0 N–H and O–H groups in total. The van der Waals surface area contributed by atoms with Crippen LogP contribution in [0.25, 0.3) is 21.6 Å². The summed E-state index contributed by atoms with van der Waals surface area (Å²) < 4.78 is 0. The first-order valence-electron chi connectivity index (χ1n) is 4.61. The van der Waals surface area contributed by atoms with Crippen LogP contribution < -0.4 is 0 Å². The summed E-state index contributed by atoms with van der Waals surface area (Å²) in [7, 11) is 0. The van der Waals surface area contributed by atoms with Crippen LogP contribution in [0.1, 0.15) is 0 Å².